The number of urea groups is 1. The topological polar surface area (TPSA) is 111 Å². The van der Waals surface area contributed by atoms with E-state index in [1.165, 1.54) is 24.3 Å². The van der Waals surface area contributed by atoms with Gasteiger partial charge >= 0.3 is 12.0 Å². The summed E-state index contributed by atoms with van der Waals surface area (Å²) in [5, 5.41) is 13.5. The van der Waals surface area contributed by atoms with Gasteiger partial charge in [0.25, 0.3) is 5.69 Å². The molecule has 1 fully saturated rings. The van der Waals surface area contributed by atoms with Gasteiger partial charge in [-0.25, -0.2) is 9.79 Å². The predicted molar refractivity (Wildman–Crippen MR) is 89.3 cm³/mol. The molecule has 2 aliphatic rings. The van der Waals surface area contributed by atoms with E-state index in [-0.39, 0.29) is 11.8 Å². The summed E-state index contributed by atoms with van der Waals surface area (Å²) in [5.41, 5.74) is 0.929. The molecule has 1 aliphatic carbocycles. The van der Waals surface area contributed by atoms with E-state index in [1.807, 2.05) is 0 Å². The fourth-order valence-electron chi connectivity index (χ4n) is 3.35. The summed E-state index contributed by atoms with van der Waals surface area (Å²) in [6.07, 6.45) is 3.69. The number of esters is 1. The van der Waals surface area contributed by atoms with Crippen LogP contribution < -0.4 is 5.32 Å². The number of nitro groups is 1. The van der Waals surface area contributed by atoms with Crippen LogP contribution >= 0.6 is 0 Å². The summed E-state index contributed by atoms with van der Waals surface area (Å²) in [6, 6.07) is 4.59. The molecule has 0 aromatic heterocycles. The molecule has 2 atom stereocenters. The Morgan fingerprint density at radius 3 is 2.52 bits per heavy atom. The van der Waals surface area contributed by atoms with Gasteiger partial charge in [-0.15, -0.1) is 0 Å². The third-order valence-corrected chi connectivity index (χ3v) is 4.64. The van der Waals surface area contributed by atoms with Gasteiger partial charge in [0.2, 0.25) is 0 Å². The first-order valence-corrected chi connectivity index (χ1v) is 8.26. The van der Waals surface area contributed by atoms with Crippen LogP contribution in [-0.2, 0) is 9.53 Å². The van der Waals surface area contributed by atoms with E-state index >= 15 is 0 Å². The summed E-state index contributed by atoms with van der Waals surface area (Å²) in [7, 11) is 0. The lowest BCUT2D eigenvalue weighted by atomic mass is 9.88. The number of nitrogens with zero attached hydrogens (tertiary/aromatic N) is 2. The fraction of sp³-hybridized carbons (Fsp3) is 0.471. The molecule has 8 heteroatoms. The molecule has 1 aliphatic heterocycles. The van der Waals surface area contributed by atoms with E-state index in [9.17, 15) is 19.7 Å². The number of hydrogen-bond acceptors (Lipinski definition) is 5. The van der Waals surface area contributed by atoms with Crippen LogP contribution in [0.4, 0.5) is 10.5 Å². The van der Waals surface area contributed by atoms with Crippen molar-refractivity contribution in [3.8, 4) is 0 Å². The lowest BCUT2D eigenvalue weighted by Crippen LogP contribution is -2.44. The van der Waals surface area contributed by atoms with Gasteiger partial charge in [0.1, 0.15) is 12.0 Å². The minimum Gasteiger partial charge on any atom is -0.462 e. The van der Waals surface area contributed by atoms with Gasteiger partial charge < -0.3 is 10.1 Å². The predicted octanol–water partition coefficient (Wildman–Crippen LogP) is 2.92. The fourth-order valence-corrected chi connectivity index (χ4v) is 3.35. The minimum atomic E-state index is -0.736. The van der Waals surface area contributed by atoms with E-state index < -0.39 is 28.9 Å². The summed E-state index contributed by atoms with van der Waals surface area (Å²) in [5.74, 6) is -1.16. The first-order chi connectivity index (χ1) is 12.0. The van der Waals surface area contributed by atoms with Gasteiger partial charge in [-0.2, -0.15) is 0 Å². The van der Waals surface area contributed by atoms with E-state index in [1.54, 1.807) is 6.92 Å². The van der Waals surface area contributed by atoms with Gasteiger partial charge in [-0.3, -0.25) is 14.9 Å². The van der Waals surface area contributed by atoms with E-state index in [0.717, 1.165) is 25.7 Å². The molecule has 1 aromatic carbocycles. The molecular formula is C17H19N3O5. The average Bonchev–Trinajstić information content (AvgIpc) is 3.07. The normalized spacial score (nSPS) is 23.7. The summed E-state index contributed by atoms with van der Waals surface area (Å²) in [4.78, 5) is 38.6. The SMILES string of the molecule is CC1=NC(=O)N[C@@H](c2ccc([N+](=O)[O-])cc2)C1C(=O)OC1CCCC1. The van der Waals surface area contributed by atoms with Gasteiger partial charge in [0.05, 0.1) is 11.0 Å². The Bertz CT molecular complexity index is 722. The molecule has 25 heavy (non-hydrogen) atoms. The second-order valence-corrected chi connectivity index (χ2v) is 6.35. The van der Waals surface area contributed by atoms with E-state index in [0.29, 0.717) is 11.3 Å². The van der Waals surface area contributed by atoms with Crippen LogP contribution in [0.25, 0.3) is 0 Å². The van der Waals surface area contributed by atoms with Gasteiger partial charge in [-0.1, -0.05) is 12.1 Å². The smallest absolute Gasteiger partial charge is 0.341 e. The number of hydrogen-bond donors (Lipinski definition) is 1. The van der Waals surface area contributed by atoms with Crippen molar-refractivity contribution in [3.05, 3.63) is 39.9 Å². The maximum atomic E-state index is 12.7. The summed E-state index contributed by atoms with van der Waals surface area (Å²) >= 11 is 0. The van der Waals surface area contributed by atoms with Crippen molar-refractivity contribution in [1.29, 1.82) is 0 Å². The molecule has 1 unspecified atom stereocenters. The first kappa shape index (κ1) is 17.1. The van der Waals surface area contributed by atoms with Crippen molar-refractivity contribution < 1.29 is 19.2 Å². The van der Waals surface area contributed by atoms with Crippen molar-refractivity contribution in [2.75, 3.05) is 0 Å². The lowest BCUT2D eigenvalue weighted by molar-refractivity contribution is -0.384. The zero-order valence-corrected chi connectivity index (χ0v) is 13.8. The summed E-state index contributed by atoms with van der Waals surface area (Å²) < 4.78 is 5.59. The molecule has 0 spiro atoms. The van der Waals surface area contributed by atoms with Crippen LogP contribution in [0, 0.1) is 16.0 Å². The quantitative estimate of drug-likeness (QED) is 0.512. The highest BCUT2D eigenvalue weighted by atomic mass is 16.6. The third kappa shape index (κ3) is 3.67. The van der Waals surface area contributed by atoms with Gasteiger partial charge in [0, 0.05) is 17.8 Å². The standard InChI is InChI=1S/C17H19N3O5/c1-10-14(16(21)25-13-4-2-3-5-13)15(19-17(22)18-10)11-6-8-12(9-7-11)20(23)24/h6-9,13-15H,2-5H2,1H3,(H,19,22)/t14?,15-/m0/s1. The monoisotopic (exact) mass is 345 g/mol. The number of rotatable bonds is 4. The Balaban J connectivity index is 1.86. The number of non-ortho nitro benzene ring substituents is 1. The van der Waals surface area contributed by atoms with Crippen molar-refractivity contribution in [1.82, 2.24) is 5.32 Å². The Labute approximate surface area is 144 Å². The van der Waals surface area contributed by atoms with Crippen molar-refractivity contribution in [3.63, 3.8) is 0 Å². The van der Waals surface area contributed by atoms with Crippen LogP contribution in [-0.4, -0.2) is 28.7 Å². The third-order valence-electron chi connectivity index (χ3n) is 4.64. The van der Waals surface area contributed by atoms with E-state index in [2.05, 4.69) is 10.3 Å². The Kier molecular flexibility index (Phi) is 4.78. The zero-order chi connectivity index (χ0) is 18.0. The maximum absolute atomic E-state index is 12.7. The van der Waals surface area contributed by atoms with Crippen molar-refractivity contribution in [2.45, 2.75) is 44.8 Å². The largest absolute Gasteiger partial charge is 0.462 e. The molecule has 0 bridgehead atoms. The summed E-state index contributed by atoms with van der Waals surface area (Å²) in [6.45, 7) is 1.62. The highest BCUT2D eigenvalue weighted by Crippen LogP contribution is 2.31. The van der Waals surface area contributed by atoms with Crippen LogP contribution in [0.5, 0.6) is 0 Å². The Morgan fingerprint density at radius 2 is 1.92 bits per heavy atom. The Hall–Kier alpha value is -2.77. The molecule has 8 nitrogen and oxygen atoms in total. The Morgan fingerprint density at radius 1 is 1.28 bits per heavy atom. The van der Waals surface area contributed by atoms with Crippen molar-refractivity contribution >= 4 is 23.4 Å². The number of amides is 2. The number of nitro benzene ring substituents is 1. The molecular weight excluding hydrogens is 326 g/mol. The van der Waals surface area contributed by atoms with E-state index in [4.69, 9.17) is 4.74 Å². The first-order valence-electron chi connectivity index (χ1n) is 8.26. The second kappa shape index (κ2) is 7.00. The number of carbonyl (C=O) groups excluding carboxylic acids is 2. The van der Waals surface area contributed by atoms with Gasteiger partial charge in [-0.05, 0) is 38.2 Å². The minimum absolute atomic E-state index is 0.0543. The average molecular weight is 345 g/mol. The number of aliphatic imine (C=N–C) groups is 1. The number of carbonyl (C=O) groups is 2. The molecule has 0 radical (unpaired) electrons. The van der Waals surface area contributed by atoms with Crippen LogP contribution in [0.2, 0.25) is 0 Å². The highest BCUT2D eigenvalue weighted by Gasteiger charge is 2.39. The number of ether oxygens (including phenoxy) is 1. The molecule has 0 saturated heterocycles. The van der Waals surface area contributed by atoms with Crippen LogP contribution in [0.15, 0.2) is 29.3 Å². The van der Waals surface area contributed by atoms with Crippen LogP contribution in [0.1, 0.15) is 44.2 Å². The molecule has 132 valence electrons. The van der Waals surface area contributed by atoms with Gasteiger partial charge in [0.15, 0.2) is 0 Å². The molecule has 2 amide bonds. The highest BCUT2D eigenvalue weighted by molar-refractivity contribution is 6.08. The molecule has 1 saturated carbocycles. The molecule has 1 heterocycles. The maximum Gasteiger partial charge on any atom is 0.341 e. The number of nitrogens with one attached hydrogen (secondary N) is 1. The van der Waals surface area contributed by atoms with Crippen LogP contribution in [0.3, 0.4) is 0 Å². The molecule has 3 rings (SSSR count). The lowest BCUT2D eigenvalue weighted by Gasteiger charge is -2.30. The number of benzene rings is 1. The zero-order valence-electron chi connectivity index (χ0n) is 13.8. The second-order valence-electron chi connectivity index (χ2n) is 6.35. The van der Waals surface area contributed by atoms with Crippen molar-refractivity contribution in [2.24, 2.45) is 10.9 Å². The molecule has 1 N–H and O–H groups in total. The molecule has 1 aromatic rings.